The van der Waals surface area contributed by atoms with Gasteiger partial charge in [-0.2, -0.15) is 0 Å². The number of benzene rings is 1. The summed E-state index contributed by atoms with van der Waals surface area (Å²) in [5.41, 5.74) is 1.80. The van der Waals surface area contributed by atoms with Gasteiger partial charge in [0.25, 0.3) is 11.8 Å². The number of nitrogens with zero attached hydrogens (tertiary/aromatic N) is 2. The molecule has 2 amide bonds. The summed E-state index contributed by atoms with van der Waals surface area (Å²) >= 11 is 1.36. The molecule has 10 heteroatoms. The predicted molar refractivity (Wildman–Crippen MR) is 114 cm³/mol. The summed E-state index contributed by atoms with van der Waals surface area (Å²) in [6.45, 7) is 5.02. The van der Waals surface area contributed by atoms with Crippen LogP contribution in [0, 0.1) is 0 Å². The zero-order valence-electron chi connectivity index (χ0n) is 17.2. The molecule has 0 radical (unpaired) electrons. The Kier molecular flexibility index (Phi) is 4.62. The molecule has 2 aromatic rings. The maximum Gasteiger partial charge on any atom is 0.306 e. The van der Waals surface area contributed by atoms with Gasteiger partial charge in [0.1, 0.15) is 17.2 Å². The van der Waals surface area contributed by atoms with Crippen molar-refractivity contribution in [3.8, 4) is 5.75 Å². The van der Waals surface area contributed by atoms with Crippen molar-refractivity contribution in [3.05, 3.63) is 28.8 Å². The van der Waals surface area contributed by atoms with Gasteiger partial charge >= 0.3 is 5.97 Å². The van der Waals surface area contributed by atoms with E-state index in [0.29, 0.717) is 42.3 Å². The number of esters is 1. The van der Waals surface area contributed by atoms with Crippen LogP contribution in [0.25, 0.3) is 0 Å². The highest BCUT2D eigenvalue weighted by atomic mass is 32.1. The molecule has 9 nitrogen and oxygen atoms in total. The van der Waals surface area contributed by atoms with E-state index in [1.54, 1.807) is 12.1 Å². The lowest BCUT2D eigenvalue weighted by Crippen LogP contribution is -2.48. The van der Waals surface area contributed by atoms with Gasteiger partial charge in [-0.3, -0.25) is 14.4 Å². The fourth-order valence-corrected chi connectivity index (χ4v) is 5.02. The van der Waals surface area contributed by atoms with Crippen LogP contribution >= 0.6 is 11.3 Å². The molecule has 1 fully saturated rings. The second kappa shape index (κ2) is 7.23. The molecule has 0 unspecified atom stereocenters. The number of hydrogen-bond donors (Lipinski definition) is 2. The van der Waals surface area contributed by atoms with Gasteiger partial charge in [-0.1, -0.05) is 11.3 Å². The number of nitrogens with one attached hydrogen (secondary N) is 2. The zero-order valence-corrected chi connectivity index (χ0v) is 18.0. The van der Waals surface area contributed by atoms with Crippen LogP contribution in [-0.4, -0.2) is 47.6 Å². The number of hydrogen-bond acceptors (Lipinski definition) is 8. The van der Waals surface area contributed by atoms with Gasteiger partial charge in [-0.25, -0.2) is 4.98 Å². The third kappa shape index (κ3) is 3.71. The van der Waals surface area contributed by atoms with E-state index in [4.69, 9.17) is 14.5 Å². The first-order chi connectivity index (χ1) is 14.8. The van der Waals surface area contributed by atoms with Crippen molar-refractivity contribution in [3.63, 3.8) is 0 Å². The number of carbonyl (C=O) groups is 3. The second-order valence-electron chi connectivity index (χ2n) is 8.48. The zero-order chi connectivity index (χ0) is 21.8. The molecule has 4 heterocycles. The Balaban J connectivity index is 1.42. The smallest absolute Gasteiger partial charge is 0.306 e. The molecular formula is C21H22N4O5S. The van der Waals surface area contributed by atoms with Crippen molar-refractivity contribution in [2.24, 2.45) is 0 Å². The van der Waals surface area contributed by atoms with E-state index < -0.39 is 6.10 Å². The monoisotopic (exact) mass is 442 g/mol. The van der Waals surface area contributed by atoms with Gasteiger partial charge in [0.2, 0.25) is 0 Å². The van der Waals surface area contributed by atoms with E-state index in [1.165, 1.54) is 11.3 Å². The van der Waals surface area contributed by atoms with Crippen LogP contribution in [0.4, 0.5) is 16.5 Å². The number of carbonyl (C=O) groups excluding carboxylic acids is 3. The molecule has 3 aliphatic rings. The average Bonchev–Trinajstić information content (AvgIpc) is 3.33. The van der Waals surface area contributed by atoms with Gasteiger partial charge in [0.15, 0.2) is 11.2 Å². The van der Waals surface area contributed by atoms with Gasteiger partial charge in [0.05, 0.1) is 17.9 Å². The number of aromatic nitrogens is 1. The molecular weight excluding hydrogens is 420 g/mol. The molecule has 162 valence electrons. The van der Waals surface area contributed by atoms with E-state index >= 15 is 0 Å². The van der Waals surface area contributed by atoms with E-state index in [0.717, 1.165) is 16.5 Å². The van der Waals surface area contributed by atoms with Gasteiger partial charge in [0, 0.05) is 30.5 Å². The maximum absolute atomic E-state index is 12.5. The quantitative estimate of drug-likeness (QED) is 0.703. The van der Waals surface area contributed by atoms with E-state index in [9.17, 15) is 14.4 Å². The van der Waals surface area contributed by atoms with Crippen molar-refractivity contribution in [1.82, 2.24) is 10.3 Å². The van der Waals surface area contributed by atoms with E-state index in [-0.39, 0.29) is 29.7 Å². The number of thiazole rings is 1. The summed E-state index contributed by atoms with van der Waals surface area (Å²) in [5.74, 6) is -0.132. The molecule has 1 aromatic carbocycles. The van der Waals surface area contributed by atoms with Gasteiger partial charge < -0.3 is 25.0 Å². The molecule has 0 bridgehead atoms. The standard InChI is InChI=1S/C21H22N4O5S/c1-21(2)10-12-17(19(28)24-21)31-20(23-12)25-7-8-29-14-4-3-11(9-13(14)25)22-18(27)15-5-6-16(26)30-15/h3-4,9,15H,5-8,10H2,1-2H3,(H,22,27)(H,24,28)/t15-/m1/s1. The van der Waals surface area contributed by atoms with Crippen LogP contribution in [0.3, 0.4) is 0 Å². The third-order valence-electron chi connectivity index (χ3n) is 5.45. The molecule has 0 spiro atoms. The lowest BCUT2D eigenvalue weighted by atomic mass is 9.94. The lowest BCUT2D eigenvalue weighted by Gasteiger charge is -2.30. The van der Waals surface area contributed by atoms with Crippen molar-refractivity contribution in [2.45, 2.75) is 44.8 Å². The number of ether oxygens (including phenoxy) is 2. The first kappa shape index (κ1) is 19.8. The van der Waals surface area contributed by atoms with Crippen LogP contribution < -0.4 is 20.3 Å². The highest BCUT2D eigenvalue weighted by molar-refractivity contribution is 7.17. The molecule has 1 aromatic heterocycles. The predicted octanol–water partition coefficient (Wildman–Crippen LogP) is 2.38. The Morgan fingerprint density at radius 2 is 2.19 bits per heavy atom. The number of anilines is 3. The van der Waals surface area contributed by atoms with Gasteiger partial charge in [-0.05, 0) is 32.0 Å². The second-order valence-corrected chi connectivity index (χ2v) is 9.45. The Bertz CT molecular complexity index is 1100. The van der Waals surface area contributed by atoms with Crippen LogP contribution in [-0.2, 0) is 20.7 Å². The molecule has 0 saturated carbocycles. The Labute approximate surface area is 182 Å². The minimum atomic E-state index is -0.761. The number of cyclic esters (lactones) is 1. The SMILES string of the molecule is CC1(C)Cc2nc(N3CCOc4ccc(NC(=O)[C@H]5CCC(=O)O5)cc43)sc2C(=O)N1. The number of amides is 2. The summed E-state index contributed by atoms with van der Waals surface area (Å²) in [5, 5.41) is 6.54. The van der Waals surface area contributed by atoms with Gasteiger partial charge in [-0.15, -0.1) is 0 Å². The number of fused-ring (bicyclic) bond motifs is 2. The number of rotatable bonds is 3. The maximum atomic E-state index is 12.5. The summed E-state index contributed by atoms with van der Waals surface area (Å²) in [7, 11) is 0. The molecule has 0 aliphatic carbocycles. The average molecular weight is 442 g/mol. The molecule has 3 aliphatic heterocycles. The molecule has 31 heavy (non-hydrogen) atoms. The minimum Gasteiger partial charge on any atom is -0.490 e. The van der Waals surface area contributed by atoms with Crippen molar-refractivity contribution in [2.75, 3.05) is 23.4 Å². The molecule has 2 N–H and O–H groups in total. The summed E-state index contributed by atoms with van der Waals surface area (Å²) in [6.07, 6.45) is 0.540. The van der Waals surface area contributed by atoms with Crippen LogP contribution in [0.1, 0.15) is 42.1 Å². The Morgan fingerprint density at radius 3 is 2.97 bits per heavy atom. The van der Waals surface area contributed by atoms with E-state index in [2.05, 4.69) is 10.6 Å². The van der Waals surface area contributed by atoms with Crippen LogP contribution in [0.2, 0.25) is 0 Å². The highest BCUT2D eigenvalue weighted by Crippen LogP contribution is 2.41. The Morgan fingerprint density at radius 1 is 1.35 bits per heavy atom. The normalized spacial score (nSPS) is 21.5. The summed E-state index contributed by atoms with van der Waals surface area (Å²) in [4.78, 5) is 43.6. The molecule has 1 saturated heterocycles. The minimum absolute atomic E-state index is 0.101. The van der Waals surface area contributed by atoms with Crippen molar-refractivity contribution < 1.29 is 23.9 Å². The molecule has 1 atom stereocenters. The lowest BCUT2D eigenvalue weighted by molar-refractivity contribution is -0.146. The first-order valence-electron chi connectivity index (χ1n) is 10.2. The largest absolute Gasteiger partial charge is 0.490 e. The Hall–Kier alpha value is -3.14. The summed E-state index contributed by atoms with van der Waals surface area (Å²) < 4.78 is 10.8. The van der Waals surface area contributed by atoms with Crippen LogP contribution in [0.15, 0.2) is 18.2 Å². The first-order valence-corrected chi connectivity index (χ1v) is 11.0. The molecule has 5 rings (SSSR count). The summed E-state index contributed by atoms with van der Waals surface area (Å²) in [6, 6.07) is 5.36. The van der Waals surface area contributed by atoms with Crippen molar-refractivity contribution >= 4 is 45.6 Å². The third-order valence-corrected chi connectivity index (χ3v) is 6.57. The fraction of sp³-hybridized carbons (Fsp3) is 0.429. The topological polar surface area (TPSA) is 110 Å². The fourth-order valence-electron chi connectivity index (χ4n) is 4.01. The highest BCUT2D eigenvalue weighted by Gasteiger charge is 2.35. The van der Waals surface area contributed by atoms with Crippen molar-refractivity contribution in [1.29, 1.82) is 0 Å². The van der Waals surface area contributed by atoms with Crippen LogP contribution in [0.5, 0.6) is 5.75 Å². The van der Waals surface area contributed by atoms with E-state index in [1.807, 2.05) is 24.8 Å².